The molecule has 26 heavy (non-hydrogen) atoms. The lowest BCUT2D eigenvalue weighted by Crippen LogP contribution is -2.17. The van der Waals surface area contributed by atoms with Crippen molar-refractivity contribution in [3.63, 3.8) is 0 Å². The monoisotopic (exact) mass is 438 g/mol. The van der Waals surface area contributed by atoms with E-state index in [0.717, 1.165) is 31.4 Å². The number of carbonyl (C=O) groups is 1. The van der Waals surface area contributed by atoms with E-state index in [1.807, 2.05) is 0 Å². The molecular formula is C16H11BrF4O5. The highest BCUT2D eigenvalue weighted by atomic mass is 79.9. The summed E-state index contributed by atoms with van der Waals surface area (Å²) in [5.74, 6) is -2.83. The van der Waals surface area contributed by atoms with Gasteiger partial charge in [-0.3, -0.25) is 0 Å². The molecule has 0 radical (unpaired) electrons. The lowest BCUT2D eigenvalue weighted by atomic mass is 10.2. The molecule has 2 aromatic rings. The molecule has 0 N–H and O–H groups in total. The summed E-state index contributed by atoms with van der Waals surface area (Å²) in [6, 6.07) is 5.39. The maximum Gasteiger partial charge on any atom is 0.573 e. The van der Waals surface area contributed by atoms with Gasteiger partial charge in [0.25, 0.3) is 0 Å². The van der Waals surface area contributed by atoms with E-state index < -0.39 is 29.5 Å². The van der Waals surface area contributed by atoms with Crippen molar-refractivity contribution in [3.8, 4) is 23.0 Å². The standard InChI is InChI=1S/C16H11BrF4O5/c1-23-12-7-9(26-16(19,20)21)3-4-11(12)25-13-6-8(17)5-10(18)14(13)15(22)24-2/h3-7H,1-2H3. The van der Waals surface area contributed by atoms with Gasteiger partial charge in [-0.2, -0.15) is 0 Å². The molecule has 0 bridgehead atoms. The molecule has 0 aromatic heterocycles. The van der Waals surface area contributed by atoms with Crippen LogP contribution in [0, 0.1) is 5.82 Å². The van der Waals surface area contributed by atoms with E-state index in [0.29, 0.717) is 0 Å². The summed E-state index contributed by atoms with van der Waals surface area (Å²) >= 11 is 3.06. The number of methoxy groups -OCH3 is 2. The van der Waals surface area contributed by atoms with Crippen LogP contribution in [0.1, 0.15) is 10.4 Å². The molecular weight excluding hydrogens is 428 g/mol. The lowest BCUT2D eigenvalue weighted by molar-refractivity contribution is -0.274. The van der Waals surface area contributed by atoms with Crippen molar-refractivity contribution >= 4 is 21.9 Å². The second-order valence-electron chi connectivity index (χ2n) is 4.71. The first-order valence-corrected chi connectivity index (χ1v) is 7.63. The fourth-order valence-electron chi connectivity index (χ4n) is 1.98. The first kappa shape index (κ1) is 19.8. The average molecular weight is 439 g/mol. The minimum absolute atomic E-state index is 0.0651. The molecule has 2 rings (SSSR count). The maximum atomic E-state index is 14.1. The number of hydrogen-bond donors (Lipinski definition) is 0. The van der Waals surface area contributed by atoms with Gasteiger partial charge in [0.15, 0.2) is 11.5 Å². The highest BCUT2D eigenvalue weighted by Crippen LogP contribution is 2.38. The second-order valence-corrected chi connectivity index (χ2v) is 5.63. The van der Waals surface area contributed by atoms with Crippen LogP contribution in [0.5, 0.6) is 23.0 Å². The van der Waals surface area contributed by atoms with Gasteiger partial charge >= 0.3 is 12.3 Å². The van der Waals surface area contributed by atoms with Crippen LogP contribution >= 0.6 is 15.9 Å². The van der Waals surface area contributed by atoms with Crippen molar-refractivity contribution in [1.82, 2.24) is 0 Å². The highest BCUT2D eigenvalue weighted by Gasteiger charge is 2.31. The van der Waals surface area contributed by atoms with Crippen LogP contribution in [0.4, 0.5) is 17.6 Å². The van der Waals surface area contributed by atoms with E-state index in [9.17, 15) is 22.4 Å². The summed E-state index contributed by atoms with van der Waals surface area (Å²) in [5, 5.41) is 0. The molecule has 0 atom stereocenters. The van der Waals surface area contributed by atoms with Gasteiger partial charge in [-0.05, 0) is 24.3 Å². The van der Waals surface area contributed by atoms with Crippen LogP contribution in [0.15, 0.2) is 34.8 Å². The SMILES string of the molecule is COC(=O)c1c(F)cc(Br)cc1Oc1ccc(OC(F)(F)F)cc1OC. The summed E-state index contributed by atoms with van der Waals surface area (Å²) in [7, 11) is 2.26. The molecule has 0 aliphatic rings. The summed E-state index contributed by atoms with van der Waals surface area (Å²) < 4.78 is 70.0. The van der Waals surface area contributed by atoms with Crippen molar-refractivity contribution < 1.29 is 41.3 Å². The number of carbonyl (C=O) groups excluding carboxylic acids is 1. The van der Waals surface area contributed by atoms with E-state index in [2.05, 4.69) is 25.4 Å². The van der Waals surface area contributed by atoms with Crippen LogP contribution in [0.3, 0.4) is 0 Å². The Morgan fingerprint density at radius 3 is 2.31 bits per heavy atom. The van der Waals surface area contributed by atoms with Crippen molar-refractivity contribution in [3.05, 3.63) is 46.2 Å². The molecule has 0 amide bonds. The predicted molar refractivity (Wildman–Crippen MR) is 85.2 cm³/mol. The smallest absolute Gasteiger partial charge is 0.493 e. The molecule has 0 spiro atoms. The minimum atomic E-state index is -4.88. The lowest BCUT2D eigenvalue weighted by Gasteiger charge is -2.15. The van der Waals surface area contributed by atoms with E-state index >= 15 is 0 Å². The average Bonchev–Trinajstić information content (AvgIpc) is 2.53. The molecule has 5 nitrogen and oxygen atoms in total. The summed E-state index contributed by atoms with van der Waals surface area (Å²) in [4.78, 5) is 11.8. The number of hydrogen-bond acceptors (Lipinski definition) is 5. The van der Waals surface area contributed by atoms with Crippen molar-refractivity contribution in [2.24, 2.45) is 0 Å². The molecule has 0 unspecified atom stereocenters. The first-order chi connectivity index (χ1) is 12.1. The Balaban J connectivity index is 2.44. The number of esters is 1. The fraction of sp³-hybridized carbons (Fsp3) is 0.188. The topological polar surface area (TPSA) is 54.0 Å². The third-order valence-corrected chi connectivity index (χ3v) is 3.45. The van der Waals surface area contributed by atoms with E-state index in [-0.39, 0.29) is 21.7 Å². The molecule has 2 aromatic carbocycles. The van der Waals surface area contributed by atoms with Crippen LogP contribution in [0.2, 0.25) is 0 Å². The first-order valence-electron chi connectivity index (χ1n) is 6.83. The van der Waals surface area contributed by atoms with E-state index in [1.54, 1.807) is 0 Å². The van der Waals surface area contributed by atoms with Gasteiger partial charge in [-0.15, -0.1) is 13.2 Å². The Labute approximate surface area is 153 Å². The van der Waals surface area contributed by atoms with Gasteiger partial charge in [-0.1, -0.05) is 15.9 Å². The van der Waals surface area contributed by atoms with Crippen molar-refractivity contribution in [2.45, 2.75) is 6.36 Å². The van der Waals surface area contributed by atoms with Crippen LogP contribution in [0.25, 0.3) is 0 Å². The maximum absolute atomic E-state index is 14.1. The minimum Gasteiger partial charge on any atom is -0.493 e. The summed E-state index contributed by atoms with van der Waals surface area (Å²) in [6.07, 6.45) is -4.88. The van der Waals surface area contributed by atoms with E-state index in [4.69, 9.17) is 9.47 Å². The zero-order valence-electron chi connectivity index (χ0n) is 13.3. The molecule has 0 heterocycles. The van der Waals surface area contributed by atoms with E-state index in [1.165, 1.54) is 13.2 Å². The fourth-order valence-corrected chi connectivity index (χ4v) is 2.39. The molecule has 140 valence electrons. The number of halogens is 5. The van der Waals surface area contributed by atoms with Crippen LogP contribution in [-0.2, 0) is 4.74 Å². The molecule has 10 heteroatoms. The quantitative estimate of drug-likeness (QED) is 0.481. The Kier molecular flexibility index (Phi) is 5.96. The normalized spacial score (nSPS) is 11.0. The molecule has 0 saturated heterocycles. The van der Waals surface area contributed by atoms with Gasteiger partial charge in [0, 0.05) is 10.5 Å². The Morgan fingerprint density at radius 1 is 1.04 bits per heavy atom. The Morgan fingerprint density at radius 2 is 1.73 bits per heavy atom. The number of rotatable bonds is 5. The Hall–Kier alpha value is -2.49. The number of ether oxygens (including phenoxy) is 4. The number of benzene rings is 2. The van der Waals surface area contributed by atoms with Crippen molar-refractivity contribution in [2.75, 3.05) is 14.2 Å². The zero-order valence-corrected chi connectivity index (χ0v) is 14.9. The summed E-state index contributed by atoms with van der Waals surface area (Å²) in [6.45, 7) is 0. The summed E-state index contributed by atoms with van der Waals surface area (Å²) in [5.41, 5.74) is -0.478. The van der Waals surface area contributed by atoms with Gasteiger partial charge < -0.3 is 18.9 Å². The molecule has 0 aliphatic heterocycles. The van der Waals surface area contributed by atoms with Crippen molar-refractivity contribution in [1.29, 1.82) is 0 Å². The Bertz CT molecular complexity index is 823. The van der Waals surface area contributed by atoms with Crippen LogP contribution < -0.4 is 14.2 Å². The number of alkyl halides is 3. The molecule has 0 saturated carbocycles. The molecule has 0 fully saturated rings. The van der Waals surface area contributed by atoms with Gasteiger partial charge in [0.05, 0.1) is 14.2 Å². The van der Waals surface area contributed by atoms with Crippen LogP contribution in [-0.4, -0.2) is 26.6 Å². The third-order valence-electron chi connectivity index (χ3n) is 3.00. The molecule has 0 aliphatic carbocycles. The van der Waals surface area contributed by atoms with Gasteiger partial charge in [-0.25, -0.2) is 9.18 Å². The largest absolute Gasteiger partial charge is 0.573 e. The second kappa shape index (κ2) is 7.81. The predicted octanol–water partition coefficient (Wildman–Crippen LogP) is 5.07. The van der Waals surface area contributed by atoms with Gasteiger partial charge in [0.2, 0.25) is 0 Å². The third kappa shape index (κ3) is 4.78. The highest BCUT2D eigenvalue weighted by molar-refractivity contribution is 9.10. The van der Waals surface area contributed by atoms with Gasteiger partial charge in [0.1, 0.15) is 22.9 Å². The zero-order chi connectivity index (χ0) is 19.5.